The van der Waals surface area contributed by atoms with Crippen LogP contribution < -0.4 is 37.3 Å². The molecule has 218 valence electrons. The lowest BCUT2D eigenvalue weighted by molar-refractivity contribution is 0.0600. The molecule has 0 saturated carbocycles. The number of anilines is 4. The third-order valence-corrected chi connectivity index (χ3v) is 6.19. The summed E-state index contributed by atoms with van der Waals surface area (Å²) in [6.07, 6.45) is 3.34. The quantitative estimate of drug-likeness (QED) is 0.0950. The first-order chi connectivity index (χ1) is 19.6. The van der Waals surface area contributed by atoms with E-state index in [-0.39, 0.29) is 29.3 Å². The molecule has 2 amide bonds. The molecule has 41 heavy (non-hydrogen) atoms. The number of primary amides is 1. The normalized spacial score (nSPS) is 12.6. The topological polar surface area (TPSA) is 204 Å². The van der Waals surface area contributed by atoms with Gasteiger partial charge in [-0.05, 0) is 24.3 Å². The van der Waals surface area contributed by atoms with E-state index < -0.39 is 18.0 Å². The molecule has 0 radical (unpaired) electrons. The minimum Gasteiger partial charge on any atom is -0.494 e. The molecule has 1 heterocycles. The molecule has 9 N–H and O–H groups in total. The van der Waals surface area contributed by atoms with Gasteiger partial charge < -0.3 is 52.1 Å². The predicted octanol–water partition coefficient (Wildman–Crippen LogP) is 2.21. The van der Waals surface area contributed by atoms with E-state index in [1.54, 1.807) is 6.07 Å². The number of nitrogens with two attached hydrogens (primary N) is 3. The zero-order valence-electron chi connectivity index (χ0n) is 22.9. The number of rotatable bonds is 12. The Morgan fingerprint density at radius 3 is 2.12 bits per heavy atom. The third kappa shape index (κ3) is 8.12. The standard InChI is InChI=1S/C28H34N6O7/c1-39-22-14-19(27(36)40-2)12-21(30)24(22)32-8-4-5-9-33-25-20(29)11-18(26(31)35)13-23(25)41-10-6-3-7-17-15-34(16-17)28(37)38/h4-5,11-14,17,32-33H,7-10,15-16,29-30H2,1-2H3,(H2,31,35)(H,37,38). The number of esters is 1. The molecule has 0 atom stereocenters. The molecule has 0 spiro atoms. The number of nitrogens with zero attached hydrogens (tertiary/aromatic N) is 1. The van der Waals surface area contributed by atoms with Crippen LogP contribution in [0.2, 0.25) is 0 Å². The van der Waals surface area contributed by atoms with Gasteiger partial charge in [-0.3, -0.25) is 4.79 Å². The maximum Gasteiger partial charge on any atom is 0.407 e. The number of nitrogen functional groups attached to an aromatic ring is 2. The van der Waals surface area contributed by atoms with Gasteiger partial charge in [0.2, 0.25) is 5.91 Å². The highest BCUT2D eigenvalue weighted by molar-refractivity contribution is 5.96. The first kappa shape index (κ1) is 30.3. The monoisotopic (exact) mass is 566 g/mol. The van der Waals surface area contributed by atoms with E-state index >= 15 is 0 Å². The summed E-state index contributed by atoms with van der Waals surface area (Å²) in [5.74, 6) is 5.67. The van der Waals surface area contributed by atoms with Gasteiger partial charge in [0.05, 0.1) is 31.2 Å². The van der Waals surface area contributed by atoms with Crippen molar-refractivity contribution in [2.24, 2.45) is 11.7 Å². The van der Waals surface area contributed by atoms with E-state index in [1.165, 1.54) is 37.3 Å². The zero-order chi connectivity index (χ0) is 29.9. The number of benzene rings is 2. The Morgan fingerprint density at radius 2 is 1.56 bits per heavy atom. The van der Waals surface area contributed by atoms with E-state index in [0.717, 1.165) is 0 Å². The first-order valence-electron chi connectivity index (χ1n) is 12.6. The van der Waals surface area contributed by atoms with Crippen LogP contribution >= 0.6 is 0 Å². The van der Waals surface area contributed by atoms with E-state index in [2.05, 4.69) is 22.5 Å². The van der Waals surface area contributed by atoms with Gasteiger partial charge in [0.1, 0.15) is 29.5 Å². The van der Waals surface area contributed by atoms with Gasteiger partial charge in [0.25, 0.3) is 0 Å². The van der Waals surface area contributed by atoms with Crippen LogP contribution in [0.4, 0.5) is 27.5 Å². The Morgan fingerprint density at radius 1 is 0.976 bits per heavy atom. The zero-order valence-corrected chi connectivity index (χ0v) is 22.9. The summed E-state index contributed by atoms with van der Waals surface area (Å²) in [4.78, 5) is 35.7. The Labute approximate surface area is 237 Å². The van der Waals surface area contributed by atoms with Crippen LogP contribution in [0.1, 0.15) is 27.1 Å². The molecule has 0 unspecified atom stereocenters. The third-order valence-electron chi connectivity index (χ3n) is 6.19. The predicted molar refractivity (Wildman–Crippen MR) is 155 cm³/mol. The number of carbonyl (C=O) groups is 3. The lowest BCUT2D eigenvalue weighted by atomic mass is 9.97. The van der Waals surface area contributed by atoms with Gasteiger partial charge in [0, 0.05) is 44.1 Å². The number of ether oxygens (including phenoxy) is 3. The Balaban J connectivity index is 1.57. The molecule has 1 fully saturated rings. The molecular weight excluding hydrogens is 532 g/mol. The fraction of sp³-hybridized carbons (Fsp3) is 0.321. The summed E-state index contributed by atoms with van der Waals surface area (Å²) in [7, 11) is 2.76. The number of amides is 2. The number of hydrogen-bond acceptors (Lipinski definition) is 10. The molecule has 0 aromatic heterocycles. The fourth-order valence-electron chi connectivity index (χ4n) is 4.03. The van der Waals surface area contributed by atoms with Crippen molar-refractivity contribution in [1.82, 2.24) is 4.90 Å². The van der Waals surface area contributed by atoms with Crippen LogP contribution in [0.5, 0.6) is 11.5 Å². The van der Waals surface area contributed by atoms with Crippen LogP contribution in [-0.4, -0.2) is 75.0 Å². The molecule has 3 rings (SSSR count). The molecule has 1 saturated heterocycles. The number of likely N-dealkylation sites (tertiary alicyclic amines) is 1. The second-order valence-electron chi connectivity index (χ2n) is 9.07. The van der Waals surface area contributed by atoms with Crippen LogP contribution in [0.3, 0.4) is 0 Å². The maximum absolute atomic E-state index is 11.8. The Kier molecular flexibility index (Phi) is 10.5. The average Bonchev–Trinajstić information content (AvgIpc) is 2.91. The minimum absolute atomic E-state index is 0.0451. The number of hydrogen-bond donors (Lipinski definition) is 6. The van der Waals surface area contributed by atoms with Crippen LogP contribution in [-0.2, 0) is 4.74 Å². The van der Waals surface area contributed by atoms with Gasteiger partial charge in [0.15, 0.2) is 0 Å². The second kappa shape index (κ2) is 14.2. The summed E-state index contributed by atoms with van der Waals surface area (Å²) in [6.45, 7) is 1.77. The summed E-state index contributed by atoms with van der Waals surface area (Å²) in [6, 6.07) is 6.01. The first-order valence-corrected chi connectivity index (χ1v) is 12.6. The van der Waals surface area contributed by atoms with Crippen molar-refractivity contribution in [3.05, 3.63) is 47.5 Å². The van der Waals surface area contributed by atoms with Crippen molar-refractivity contribution in [2.45, 2.75) is 6.42 Å². The molecule has 0 bridgehead atoms. The summed E-state index contributed by atoms with van der Waals surface area (Å²) in [5, 5.41) is 15.2. The van der Waals surface area contributed by atoms with Gasteiger partial charge in [-0.2, -0.15) is 0 Å². The Hall–Kier alpha value is -5.25. The van der Waals surface area contributed by atoms with Gasteiger partial charge in [-0.1, -0.05) is 24.0 Å². The number of carboxylic acid groups (broad SMARTS) is 1. The SMILES string of the molecule is COC(=O)c1cc(N)c(NCC=CCNc2c(N)cc(C(N)=O)cc2OCC#CCC2CN(C(=O)O)C2)c(OC)c1. The minimum atomic E-state index is -0.924. The fourth-order valence-corrected chi connectivity index (χ4v) is 4.03. The van der Waals surface area contributed by atoms with Crippen LogP contribution in [0, 0.1) is 17.8 Å². The van der Waals surface area contributed by atoms with Gasteiger partial charge in [-0.15, -0.1) is 0 Å². The largest absolute Gasteiger partial charge is 0.494 e. The lowest BCUT2D eigenvalue weighted by Crippen LogP contribution is -2.49. The lowest BCUT2D eigenvalue weighted by Gasteiger charge is -2.35. The molecule has 2 aromatic rings. The summed E-state index contributed by atoms with van der Waals surface area (Å²) in [5.41, 5.74) is 19.8. The summed E-state index contributed by atoms with van der Waals surface area (Å²) < 4.78 is 15.9. The van der Waals surface area contributed by atoms with Crippen molar-refractivity contribution in [3.8, 4) is 23.3 Å². The molecule has 1 aliphatic heterocycles. The highest BCUT2D eigenvalue weighted by Crippen LogP contribution is 2.33. The second-order valence-corrected chi connectivity index (χ2v) is 9.07. The molecule has 13 heteroatoms. The summed E-state index contributed by atoms with van der Waals surface area (Å²) >= 11 is 0. The number of methoxy groups -OCH3 is 2. The van der Waals surface area contributed by atoms with Crippen molar-refractivity contribution in [3.63, 3.8) is 0 Å². The Bertz CT molecular complexity index is 1380. The van der Waals surface area contributed by atoms with Gasteiger partial charge in [-0.25, -0.2) is 9.59 Å². The van der Waals surface area contributed by atoms with E-state index in [0.29, 0.717) is 61.2 Å². The maximum atomic E-state index is 11.8. The van der Waals surface area contributed by atoms with E-state index in [1.807, 2.05) is 12.2 Å². The molecular formula is C28H34N6O7. The number of carbonyl (C=O) groups excluding carboxylic acids is 2. The van der Waals surface area contributed by atoms with Gasteiger partial charge >= 0.3 is 12.1 Å². The highest BCUT2D eigenvalue weighted by Gasteiger charge is 2.29. The molecule has 0 aliphatic carbocycles. The van der Waals surface area contributed by atoms with Crippen LogP contribution in [0.15, 0.2) is 36.4 Å². The van der Waals surface area contributed by atoms with Crippen LogP contribution in [0.25, 0.3) is 0 Å². The van der Waals surface area contributed by atoms with E-state index in [4.69, 9.17) is 36.5 Å². The van der Waals surface area contributed by atoms with Crippen molar-refractivity contribution < 1.29 is 33.7 Å². The number of nitrogens with one attached hydrogen (secondary N) is 2. The van der Waals surface area contributed by atoms with Crippen molar-refractivity contribution in [2.75, 3.05) is 69.1 Å². The molecule has 2 aromatic carbocycles. The van der Waals surface area contributed by atoms with Crippen molar-refractivity contribution >= 4 is 40.7 Å². The average molecular weight is 567 g/mol. The van der Waals surface area contributed by atoms with Crippen molar-refractivity contribution in [1.29, 1.82) is 0 Å². The molecule has 1 aliphatic rings. The van der Waals surface area contributed by atoms with E-state index in [9.17, 15) is 14.4 Å². The smallest absolute Gasteiger partial charge is 0.407 e. The highest BCUT2D eigenvalue weighted by atomic mass is 16.5. The molecule has 13 nitrogen and oxygen atoms in total.